The van der Waals surface area contributed by atoms with Gasteiger partial charge in [0.2, 0.25) is 17.5 Å². The number of fused-ring (bicyclic) bond motifs is 1. The van der Waals surface area contributed by atoms with E-state index in [1.807, 2.05) is 0 Å². The molecule has 0 amide bonds. The largest absolute Gasteiger partial charge is 0.508 e. The molecule has 2 fully saturated rings. The Morgan fingerprint density at radius 3 is 2.26 bits per heavy atom. The molecule has 1 aromatic heterocycles. The SMILES string of the molecule is COc1cc(O)c2c(=O)c(O[C@@H]3OC[C@@H](O[C@@H]4O[C@H](CO)[C@@H](O)[C@H](O)[C@H]4O)[C@H](O)[C@H]3O)c(-c3ccc(O)cc3)oc2c1. The van der Waals surface area contributed by atoms with E-state index in [1.54, 1.807) is 0 Å². The molecule has 5 rings (SSSR count). The van der Waals surface area contributed by atoms with Crippen molar-refractivity contribution in [3.63, 3.8) is 0 Å². The van der Waals surface area contributed by atoms with Gasteiger partial charge in [-0.2, -0.15) is 0 Å². The Morgan fingerprint density at radius 1 is 0.905 bits per heavy atom. The van der Waals surface area contributed by atoms with Crippen molar-refractivity contribution in [1.29, 1.82) is 0 Å². The smallest absolute Gasteiger partial charge is 0.239 e. The van der Waals surface area contributed by atoms with Gasteiger partial charge < -0.3 is 69.0 Å². The monoisotopic (exact) mass is 594 g/mol. The summed E-state index contributed by atoms with van der Waals surface area (Å²) in [5, 5.41) is 81.2. The van der Waals surface area contributed by atoms with Gasteiger partial charge >= 0.3 is 0 Å². The van der Waals surface area contributed by atoms with Crippen molar-refractivity contribution in [2.45, 2.75) is 55.3 Å². The molecule has 8 N–H and O–H groups in total. The second-order valence-electron chi connectivity index (χ2n) is 9.83. The van der Waals surface area contributed by atoms with Gasteiger partial charge in [-0.25, -0.2) is 0 Å². The molecule has 2 aliphatic heterocycles. The molecule has 15 nitrogen and oxygen atoms in total. The predicted octanol–water partition coefficient (Wildman–Crippen LogP) is -1.48. The molecular weight excluding hydrogens is 564 g/mol. The van der Waals surface area contributed by atoms with Crippen LogP contribution in [0.3, 0.4) is 0 Å². The minimum atomic E-state index is -1.85. The number of benzene rings is 2. The number of methoxy groups -OCH3 is 1. The Kier molecular flexibility index (Phi) is 8.56. The van der Waals surface area contributed by atoms with Crippen molar-refractivity contribution in [3.05, 3.63) is 46.6 Å². The summed E-state index contributed by atoms with van der Waals surface area (Å²) >= 11 is 0. The van der Waals surface area contributed by atoms with Crippen LogP contribution in [0.1, 0.15) is 0 Å². The van der Waals surface area contributed by atoms with Crippen LogP contribution < -0.4 is 14.9 Å². The van der Waals surface area contributed by atoms with Crippen LogP contribution in [0.2, 0.25) is 0 Å². The molecule has 0 aliphatic carbocycles. The number of phenolic OH excluding ortho intramolecular Hbond substituents is 2. The molecule has 42 heavy (non-hydrogen) atoms. The van der Waals surface area contributed by atoms with Crippen LogP contribution in [0.5, 0.6) is 23.0 Å². The minimum absolute atomic E-state index is 0.0505. The number of hydrogen-bond donors (Lipinski definition) is 8. The summed E-state index contributed by atoms with van der Waals surface area (Å²) in [7, 11) is 1.36. The molecule has 3 aromatic rings. The lowest BCUT2D eigenvalue weighted by atomic mass is 9.99. The fourth-order valence-corrected chi connectivity index (χ4v) is 4.75. The maximum Gasteiger partial charge on any atom is 0.239 e. The van der Waals surface area contributed by atoms with Crippen molar-refractivity contribution < 1.29 is 69.0 Å². The summed E-state index contributed by atoms with van der Waals surface area (Å²) in [5.41, 5.74) is -0.617. The summed E-state index contributed by atoms with van der Waals surface area (Å²) in [4.78, 5) is 13.6. The molecule has 3 heterocycles. The van der Waals surface area contributed by atoms with E-state index in [2.05, 4.69) is 0 Å². The summed E-state index contributed by atoms with van der Waals surface area (Å²) in [6.45, 7) is -1.17. The third kappa shape index (κ3) is 5.49. The highest BCUT2D eigenvalue weighted by Crippen LogP contribution is 2.37. The van der Waals surface area contributed by atoms with E-state index in [1.165, 1.54) is 43.5 Å². The molecule has 2 aromatic carbocycles. The zero-order valence-electron chi connectivity index (χ0n) is 22.0. The topological polar surface area (TPSA) is 238 Å². The fraction of sp³-hybridized carbons (Fsp3) is 0.444. The van der Waals surface area contributed by atoms with Gasteiger partial charge in [0.1, 0.15) is 70.9 Å². The highest BCUT2D eigenvalue weighted by Gasteiger charge is 2.48. The fourth-order valence-electron chi connectivity index (χ4n) is 4.75. The third-order valence-corrected chi connectivity index (χ3v) is 7.10. The Bertz CT molecular complexity index is 1450. The lowest BCUT2D eigenvalue weighted by Crippen LogP contribution is -2.62. The van der Waals surface area contributed by atoms with E-state index in [9.17, 15) is 45.6 Å². The van der Waals surface area contributed by atoms with E-state index >= 15 is 0 Å². The summed E-state index contributed by atoms with van der Waals surface area (Å²) in [5.74, 6) is -0.974. The van der Waals surface area contributed by atoms with Gasteiger partial charge in [-0.3, -0.25) is 4.79 Å². The van der Waals surface area contributed by atoms with Crippen LogP contribution in [-0.4, -0.2) is 116 Å². The normalized spacial score (nSPS) is 31.6. The first-order chi connectivity index (χ1) is 20.0. The van der Waals surface area contributed by atoms with Gasteiger partial charge in [0.15, 0.2) is 12.1 Å². The van der Waals surface area contributed by atoms with E-state index in [4.69, 9.17) is 28.1 Å². The van der Waals surface area contributed by atoms with Gasteiger partial charge in [0.05, 0.1) is 20.3 Å². The van der Waals surface area contributed by atoms with Crippen molar-refractivity contribution in [2.24, 2.45) is 0 Å². The summed E-state index contributed by atoms with van der Waals surface area (Å²) < 4.78 is 33.1. The Hall–Kier alpha value is -3.51. The second-order valence-corrected chi connectivity index (χ2v) is 9.83. The standard InChI is InChI=1S/C27H30O15/c1-37-12-6-13(30)17-14(7-12)39-24(10-2-4-11(29)5-3-10)25(20(17)33)42-26-22(35)19(32)16(9-38-26)41-27-23(36)21(34)18(31)15(8-28)40-27/h2-7,15-16,18-19,21-23,26-32,34-36H,8-9H2,1H3/t15-,16-,18-,19+,21+,22-,23-,26+,27+/m1/s1. The molecule has 15 heteroatoms. The lowest BCUT2D eigenvalue weighted by molar-refractivity contribution is -0.338. The van der Waals surface area contributed by atoms with Gasteiger partial charge in [-0.15, -0.1) is 0 Å². The average Bonchev–Trinajstić information content (AvgIpc) is 2.98. The van der Waals surface area contributed by atoms with E-state index < -0.39 is 85.4 Å². The highest BCUT2D eigenvalue weighted by atomic mass is 16.7. The van der Waals surface area contributed by atoms with Crippen molar-refractivity contribution in [3.8, 4) is 34.3 Å². The van der Waals surface area contributed by atoms with E-state index in [0.717, 1.165) is 0 Å². The number of hydrogen-bond acceptors (Lipinski definition) is 15. The minimum Gasteiger partial charge on any atom is -0.508 e. The van der Waals surface area contributed by atoms with Crippen molar-refractivity contribution in [2.75, 3.05) is 20.3 Å². The first kappa shape index (κ1) is 30.0. The summed E-state index contributed by atoms with van der Waals surface area (Å²) in [6, 6.07) is 8.11. The van der Waals surface area contributed by atoms with Crippen LogP contribution in [0.25, 0.3) is 22.3 Å². The molecule has 228 valence electrons. The number of phenols is 2. The molecular formula is C27H30O15. The number of aliphatic hydroxyl groups is 6. The average molecular weight is 595 g/mol. The quantitative estimate of drug-likeness (QED) is 0.156. The van der Waals surface area contributed by atoms with Gasteiger partial charge in [-0.05, 0) is 24.3 Å². The maximum absolute atomic E-state index is 13.6. The van der Waals surface area contributed by atoms with Crippen molar-refractivity contribution in [1.82, 2.24) is 0 Å². The number of aromatic hydroxyl groups is 2. The molecule has 2 aliphatic rings. The molecule has 0 unspecified atom stereocenters. The van der Waals surface area contributed by atoms with Crippen LogP contribution in [0.15, 0.2) is 45.6 Å². The highest BCUT2D eigenvalue weighted by molar-refractivity contribution is 5.88. The molecule has 2 saturated heterocycles. The van der Waals surface area contributed by atoms with Crippen molar-refractivity contribution >= 4 is 11.0 Å². The van der Waals surface area contributed by atoms with Gasteiger partial charge in [0, 0.05) is 17.7 Å². The molecule has 0 spiro atoms. The summed E-state index contributed by atoms with van der Waals surface area (Å²) in [6.07, 6.45) is -14.6. The molecule has 0 radical (unpaired) electrons. The van der Waals surface area contributed by atoms with Crippen LogP contribution in [0.4, 0.5) is 0 Å². The Labute approximate surface area is 236 Å². The molecule has 9 atom stereocenters. The van der Waals surface area contributed by atoms with Gasteiger partial charge in [0.25, 0.3) is 0 Å². The molecule has 0 bridgehead atoms. The number of rotatable bonds is 7. The zero-order valence-corrected chi connectivity index (χ0v) is 22.0. The first-order valence-electron chi connectivity index (χ1n) is 12.8. The lowest BCUT2D eigenvalue weighted by Gasteiger charge is -2.43. The third-order valence-electron chi connectivity index (χ3n) is 7.10. The first-order valence-corrected chi connectivity index (χ1v) is 12.8. The number of aliphatic hydroxyl groups excluding tert-OH is 6. The van der Waals surface area contributed by atoms with Gasteiger partial charge in [-0.1, -0.05) is 0 Å². The van der Waals surface area contributed by atoms with Crippen LogP contribution in [-0.2, 0) is 14.2 Å². The molecule has 0 saturated carbocycles. The zero-order chi connectivity index (χ0) is 30.3. The predicted molar refractivity (Wildman–Crippen MR) is 139 cm³/mol. The number of ether oxygens (including phenoxy) is 5. The van der Waals surface area contributed by atoms with E-state index in [0.29, 0.717) is 0 Å². The Balaban J connectivity index is 1.43. The maximum atomic E-state index is 13.6. The van der Waals surface area contributed by atoms with E-state index in [-0.39, 0.29) is 33.8 Å². The second kappa shape index (κ2) is 12.0. The van der Waals surface area contributed by atoms with Crippen LogP contribution >= 0.6 is 0 Å². The Morgan fingerprint density at radius 2 is 1.60 bits per heavy atom. The van der Waals surface area contributed by atoms with Crippen LogP contribution in [0, 0.1) is 0 Å².